The summed E-state index contributed by atoms with van der Waals surface area (Å²) in [5.74, 6) is 0. The van der Waals surface area contributed by atoms with Gasteiger partial charge in [0.25, 0.3) is 0 Å². The van der Waals surface area contributed by atoms with E-state index in [9.17, 15) is 5.11 Å². The molecule has 1 fully saturated rings. The van der Waals surface area contributed by atoms with Crippen LogP contribution >= 0.6 is 23.1 Å². The lowest BCUT2D eigenvalue weighted by Gasteiger charge is -2.40. The fourth-order valence-corrected chi connectivity index (χ4v) is 5.88. The number of fused-ring (bicyclic) bond motifs is 1. The molecule has 1 aliphatic rings. The molecule has 0 aliphatic heterocycles. The Morgan fingerprint density at radius 1 is 1.48 bits per heavy atom. The molecule has 0 amide bonds. The molecule has 3 rings (SSSR count). The molecule has 1 heterocycles. The second kappa shape index (κ2) is 6.65. The molecule has 2 aromatic rings. The first kappa shape index (κ1) is 15.3. The molecular formula is C16H22N2OS2. The van der Waals surface area contributed by atoms with Gasteiger partial charge in [0, 0.05) is 10.8 Å². The van der Waals surface area contributed by atoms with Crippen molar-refractivity contribution in [2.45, 2.75) is 47.7 Å². The summed E-state index contributed by atoms with van der Waals surface area (Å²) in [6.45, 7) is 3.26. The summed E-state index contributed by atoms with van der Waals surface area (Å²) in [5, 5.41) is 13.8. The van der Waals surface area contributed by atoms with Crippen molar-refractivity contribution in [2.24, 2.45) is 0 Å². The van der Waals surface area contributed by atoms with E-state index < -0.39 is 0 Å². The molecule has 1 aromatic heterocycles. The van der Waals surface area contributed by atoms with Gasteiger partial charge in [-0.3, -0.25) is 0 Å². The highest BCUT2D eigenvalue weighted by Crippen LogP contribution is 2.40. The van der Waals surface area contributed by atoms with Crippen LogP contribution in [-0.2, 0) is 0 Å². The summed E-state index contributed by atoms with van der Waals surface area (Å²) in [5.41, 5.74) is 1.02. The number of likely N-dealkylation sites (N-methyl/N-ethyl adjacent to an activating group) is 1. The Kier molecular flexibility index (Phi) is 4.84. The Balaban J connectivity index is 1.71. The molecule has 2 N–H and O–H groups in total. The van der Waals surface area contributed by atoms with Gasteiger partial charge in [-0.25, -0.2) is 4.98 Å². The van der Waals surface area contributed by atoms with E-state index in [0.717, 1.165) is 29.2 Å². The van der Waals surface area contributed by atoms with Crippen molar-refractivity contribution in [3.63, 3.8) is 0 Å². The van der Waals surface area contributed by atoms with Gasteiger partial charge in [-0.2, -0.15) is 0 Å². The summed E-state index contributed by atoms with van der Waals surface area (Å²) in [4.78, 5) is 4.72. The van der Waals surface area contributed by atoms with Gasteiger partial charge in [0.2, 0.25) is 0 Å². The monoisotopic (exact) mass is 322 g/mol. The van der Waals surface area contributed by atoms with Crippen molar-refractivity contribution in [1.82, 2.24) is 10.3 Å². The van der Waals surface area contributed by atoms with Gasteiger partial charge in [-0.05, 0) is 37.9 Å². The standard InChI is InChI=1S/C16H22N2OS2/c1-2-17-16(11-19)9-5-6-12(10-16)20-15-18-13-7-3-4-8-14(13)21-15/h3-4,7-8,12,17,19H,2,5-6,9-11H2,1H3. The summed E-state index contributed by atoms with van der Waals surface area (Å²) < 4.78 is 2.42. The first-order chi connectivity index (χ1) is 10.2. The lowest BCUT2D eigenvalue weighted by Crippen LogP contribution is -2.52. The Hall–Kier alpha value is -0.620. The number of thiazole rings is 1. The topological polar surface area (TPSA) is 45.1 Å². The van der Waals surface area contributed by atoms with Gasteiger partial charge in [0.15, 0.2) is 4.34 Å². The van der Waals surface area contributed by atoms with E-state index in [1.165, 1.54) is 17.5 Å². The fourth-order valence-electron chi connectivity index (χ4n) is 3.19. The Morgan fingerprint density at radius 3 is 3.10 bits per heavy atom. The highest BCUT2D eigenvalue weighted by atomic mass is 32.2. The highest BCUT2D eigenvalue weighted by molar-refractivity contribution is 8.01. The van der Waals surface area contributed by atoms with E-state index in [1.807, 2.05) is 17.8 Å². The molecule has 0 bridgehead atoms. The number of hydrogen-bond donors (Lipinski definition) is 2. The average molecular weight is 322 g/mol. The van der Waals surface area contributed by atoms with E-state index in [1.54, 1.807) is 11.3 Å². The van der Waals surface area contributed by atoms with E-state index >= 15 is 0 Å². The number of thioether (sulfide) groups is 1. The van der Waals surface area contributed by atoms with Crippen molar-refractivity contribution >= 4 is 33.3 Å². The molecule has 0 spiro atoms. The molecule has 2 unspecified atom stereocenters. The molecule has 21 heavy (non-hydrogen) atoms. The van der Waals surface area contributed by atoms with Crippen LogP contribution in [0.4, 0.5) is 0 Å². The molecule has 5 heteroatoms. The van der Waals surface area contributed by atoms with Gasteiger partial charge >= 0.3 is 0 Å². The smallest absolute Gasteiger partial charge is 0.151 e. The van der Waals surface area contributed by atoms with Crippen LogP contribution in [0.5, 0.6) is 0 Å². The molecule has 114 valence electrons. The number of aliphatic hydroxyl groups excluding tert-OH is 1. The molecule has 1 saturated carbocycles. The third-order valence-corrected chi connectivity index (χ3v) is 6.59. The zero-order valence-corrected chi connectivity index (χ0v) is 14.0. The van der Waals surface area contributed by atoms with Crippen LogP contribution in [-0.4, -0.2) is 34.0 Å². The van der Waals surface area contributed by atoms with Gasteiger partial charge in [0.1, 0.15) is 0 Å². The largest absolute Gasteiger partial charge is 0.394 e. The first-order valence-corrected chi connectivity index (χ1v) is 9.32. The second-order valence-electron chi connectivity index (χ2n) is 5.75. The van der Waals surface area contributed by atoms with Crippen molar-refractivity contribution in [2.75, 3.05) is 13.2 Å². The van der Waals surface area contributed by atoms with Crippen molar-refractivity contribution in [3.8, 4) is 0 Å². The number of aromatic nitrogens is 1. The van der Waals surface area contributed by atoms with E-state index in [-0.39, 0.29) is 12.1 Å². The Morgan fingerprint density at radius 2 is 2.33 bits per heavy atom. The van der Waals surface area contributed by atoms with Crippen LogP contribution in [0.25, 0.3) is 10.2 Å². The Labute approximate surface area is 134 Å². The Bertz CT molecular complexity index is 564. The number of benzene rings is 1. The maximum atomic E-state index is 9.79. The highest BCUT2D eigenvalue weighted by Gasteiger charge is 2.35. The zero-order chi connectivity index (χ0) is 14.7. The van der Waals surface area contributed by atoms with Gasteiger partial charge < -0.3 is 10.4 Å². The van der Waals surface area contributed by atoms with Crippen molar-refractivity contribution in [3.05, 3.63) is 24.3 Å². The van der Waals surface area contributed by atoms with Gasteiger partial charge in [0.05, 0.1) is 16.8 Å². The molecule has 1 aromatic carbocycles. The normalized spacial score (nSPS) is 26.3. The molecular weight excluding hydrogens is 300 g/mol. The molecule has 1 aliphatic carbocycles. The lowest BCUT2D eigenvalue weighted by atomic mass is 9.82. The lowest BCUT2D eigenvalue weighted by molar-refractivity contribution is 0.125. The summed E-state index contributed by atoms with van der Waals surface area (Å²) >= 11 is 3.67. The second-order valence-corrected chi connectivity index (χ2v) is 8.33. The predicted octanol–water partition coefficient (Wildman–Crippen LogP) is 3.67. The fraction of sp³-hybridized carbons (Fsp3) is 0.562. The van der Waals surface area contributed by atoms with Crippen LogP contribution in [0.3, 0.4) is 0 Å². The zero-order valence-electron chi connectivity index (χ0n) is 12.3. The number of rotatable bonds is 5. The quantitative estimate of drug-likeness (QED) is 0.881. The van der Waals surface area contributed by atoms with Gasteiger partial charge in [-0.1, -0.05) is 37.2 Å². The van der Waals surface area contributed by atoms with Gasteiger partial charge in [-0.15, -0.1) is 11.3 Å². The molecule has 2 atom stereocenters. The summed E-state index contributed by atoms with van der Waals surface area (Å²) in [6.07, 6.45) is 4.50. The van der Waals surface area contributed by atoms with Crippen LogP contribution in [0, 0.1) is 0 Å². The first-order valence-electron chi connectivity index (χ1n) is 7.63. The number of para-hydroxylation sites is 1. The minimum absolute atomic E-state index is 0.0820. The van der Waals surface area contributed by atoms with Crippen LogP contribution in [0.2, 0.25) is 0 Å². The van der Waals surface area contributed by atoms with E-state index in [4.69, 9.17) is 4.98 Å². The van der Waals surface area contributed by atoms with Crippen LogP contribution in [0.15, 0.2) is 28.6 Å². The number of nitrogens with one attached hydrogen (secondary N) is 1. The minimum Gasteiger partial charge on any atom is -0.394 e. The number of nitrogens with zero attached hydrogens (tertiary/aromatic N) is 1. The maximum Gasteiger partial charge on any atom is 0.151 e. The van der Waals surface area contributed by atoms with Crippen LogP contribution < -0.4 is 5.32 Å². The SMILES string of the molecule is CCNC1(CO)CCCC(Sc2nc3ccccc3s2)C1. The predicted molar refractivity (Wildman–Crippen MR) is 91.2 cm³/mol. The molecule has 0 radical (unpaired) electrons. The molecule has 0 saturated heterocycles. The van der Waals surface area contributed by atoms with Crippen LogP contribution in [0.1, 0.15) is 32.6 Å². The number of hydrogen-bond acceptors (Lipinski definition) is 5. The van der Waals surface area contributed by atoms with E-state index in [2.05, 4.69) is 30.4 Å². The third kappa shape index (κ3) is 3.42. The van der Waals surface area contributed by atoms with Crippen molar-refractivity contribution < 1.29 is 5.11 Å². The average Bonchev–Trinajstić information content (AvgIpc) is 2.90. The summed E-state index contributed by atoms with van der Waals surface area (Å²) in [6, 6.07) is 8.32. The third-order valence-electron chi connectivity index (χ3n) is 4.20. The van der Waals surface area contributed by atoms with Crippen molar-refractivity contribution in [1.29, 1.82) is 0 Å². The molecule has 3 nitrogen and oxygen atoms in total. The maximum absolute atomic E-state index is 9.79. The number of aliphatic hydroxyl groups is 1. The van der Waals surface area contributed by atoms with E-state index in [0.29, 0.717) is 5.25 Å². The minimum atomic E-state index is -0.0820. The summed E-state index contributed by atoms with van der Waals surface area (Å²) in [7, 11) is 0.